The van der Waals surface area contributed by atoms with Crippen molar-refractivity contribution in [2.75, 3.05) is 7.11 Å². The van der Waals surface area contributed by atoms with Crippen LogP contribution in [0.3, 0.4) is 0 Å². The van der Waals surface area contributed by atoms with Crippen molar-refractivity contribution in [3.8, 4) is 0 Å². The number of hydrogen-bond donors (Lipinski definition) is 0. The summed E-state index contributed by atoms with van der Waals surface area (Å²) in [6.45, 7) is 0. The Morgan fingerprint density at radius 2 is 2.11 bits per heavy atom. The first-order valence-electron chi connectivity index (χ1n) is 6.90. The van der Waals surface area contributed by atoms with Gasteiger partial charge in [0.15, 0.2) is 5.78 Å². The Balaban J connectivity index is 1.80. The lowest BCUT2D eigenvalue weighted by molar-refractivity contribution is -0.141. The second-order valence-electron chi connectivity index (χ2n) is 5.67. The van der Waals surface area contributed by atoms with Crippen LogP contribution in [-0.2, 0) is 16.0 Å². The van der Waals surface area contributed by atoms with Gasteiger partial charge in [-0.25, -0.2) is 0 Å². The Hall–Kier alpha value is -1.64. The molecule has 1 aromatic carbocycles. The Labute approximate surface area is 113 Å². The number of esters is 1. The third kappa shape index (κ3) is 2.55. The van der Waals surface area contributed by atoms with Gasteiger partial charge in [0.2, 0.25) is 0 Å². The van der Waals surface area contributed by atoms with Crippen molar-refractivity contribution in [2.24, 2.45) is 5.92 Å². The molecular formula is C16H18O3. The number of rotatable bonds is 3. The molecule has 1 saturated carbocycles. The van der Waals surface area contributed by atoms with Crippen LogP contribution < -0.4 is 0 Å². The first-order chi connectivity index (χ1) is 9.17. The highest BCUT2D eigenvalue weighted by Gasteiger charge is 2.29. The van der Waals surface area contributed by atoms with E-state index in [0.29, 0.717) is 18.8 Å². The summed E-state index contributed by atoms with van der Waals surface area (Å²) >= 11 is 0. The van der Waals surface area contributed by atoms with Gasteiger partial charge in [-0.05, 0) is 48.3 Å². The summed E-state index contributed by atoms with van der Waals surface area (Å²) in [4.78, 5) is 23.5. The topological polar surface area (TPSA) is 43.4 Å². The van der Waals surface area contributed by atoms with Crippen LogP contribution in [0.4, 0.5) is 0 Å². The average Bonchev–Trinajstić information content (AvgIpc) is 3.22. The van der Waals surface area contributed by atoms with Crippen LogP contribution >= 0.6 is 0 Å². The fourth-order valence-corrected chi connectivity index (χ4v) is 2.92. The third-order valence-electron chi connectivity index (χ3n) is 4.15. The van der Waals surface area contributed by atoms with E-state index in [0.717, 1.165) is 17.5 Å². The molecule has 1 unspecified atom stereocenters. The second-order valence-corrected chi connectivity index (χ2v) is 5.67. The molecule has 0 amide bonds. The molecule has 1 aromatic rings. The molecule has 0 heterocycles. The second kappa shape index (κ2) is 4.80. The van der Waals surface area contributed by atoms with E-state index in [4.69, 9.17) is 0 Å². The number of hydrogen-bond acceptors (Lipinski definition) is 3. The average molecular weight is 258 g/mol. The van der Waals surface area contributed by atoms with Crippen molar-refractivity contribution in [1.82, 2.24) is 0 Å². The molecule has 0 spiro atoms. The fourth-order valence-electron chi connectivity index (χ4n) is 2.92. The fraction of sp³-hybridized carbons (Fsp3) is 0.500. The highest BCUT2D eigenvalue weighted by Crippen LogP contribution is 2.41. The summed E-state index contributed by atoms with van der Waals surface area (Å²) in [7, 11) is 1.39. The summed E-state index contributed by atoms with van der Waals surface area (Å²) in [5.41, 5.74) is 3.28. The Bertz CT molecular complexity index is 529. The molecule has 3 heteroatoms. The van der Waals surface area contributed by atoms with Gasteiger partial charge in [-0.1, -0.05) is 12.1 Å². The molecule has 2 aliphatic carbocycles. The maximum Gasteiger partial charge on any atom is 0.305 e. The lowest BCUT2D eigenvalue weighted by atomic mass is 9.80. The highest BCUT2D eigenvalue weighted by atomic mass is 16.5. The van der Waals surface area contributed by atoms with Crippen molar-refractivity contribution in [3.63, 3.8) is 0 Å². The van der Waals surface area contributed by atoms with Crippen molar-refractivity contribution >= 4 is 11.8 Å². The van der Waals surface area contributed by atoms with Gasteiger partial charge in [0, 0.05) is 18.4 Å². The minimum absolute atomic E-state index is 0.0965. The summed E-state index contributed by atoms with van der Waals surface area (Å²) in [5.74, 6) is 0.721. The van der Waals surface area contributed by atoms with Crippen LogP contribution in [0.15, 0.2) is 18.2 Å². The van der Waals surface area contributed by atoms with Gasteiger partial charge in [-0.3, -0.25) is 9.59 Å². The molecule has 2 aliphatic rings. The van der Waals surface area contributed by atoms with Gasteiger partial charge >= 0.3 is 5.97 Å². The zero-order chi connectivity index (χ0) is 13.4. The number of fused-ring (bicyclic) bond motifs is 1. The third-order valence-corrected chi connectivity index (χ3v) is 4.15. The standard InChI is InChI=1S/C16H18O3/c1-19-16(18)8-10-6-13-5-4-12(11-2-3-11)9-14(13)15(17)7-10/h4-5,9-11H,2-3,6-8H2,1H3. The minimum atomic E-state index is -0.226. The Kier molecular flexibility index (Phi) is 3.13. The van der Waals surface area contributed by atoms with Gasteiger partial charge in [-0.15, -0.1) is 0 Å². The Morgan fingerprint density at radius 1 is 1.32 bits per heavy atom. The largest absolute Gasteiger partial charge is 0.469 e. The Morgan fingerprint density at radius 3 is 2.79 bits per heavy atom. The van der Waals surface area contributed by atoms with E-state index in [9.17, 15) is 9.59 Å². The lowest BCUT2D eigenvalue weighted by Gasteiger charge is -2.23. The predicted molar refractivity (Wildman–Crippen MR) is 71.2 cm³/mol. The van der Waals surface area contributed by atoms with Crippen molar-refractivity contribution in [3.05, 3.63) is 34.9 Å². The van der Waals surface area contributed by atoms with Crippen LogP contribution in [0.5, 0.6) is 0 Å². The van der Waals surface area contributed by atoms with Crippen LogP contribution in [0.1, 0.15) is 53.1 Å². The molecule has 19 heavy (non-hydrogen) atoms. The maximum atomic E-state index is 12.2. The van der Waals surface area contributed by atoms with E-state index in [1.165, 1.54) is 25.5 Å². The van der Waals surface area contributed by atoms with E-state index in [1.54, 1.807) is 0 Å². The first kappa shape index (κ1) is 12.4. The van der Waals surface area contributed by atoms with Crippen LogP contribution in [0.2, 0.25) is 0 Å². The highest BCUT2D eigenvalue weighted by molar-refractivity contribution is 5.99. The smallest absolute Gasteiger partial charge is 0.305 e. The zero-order valence-corrected chi connectivity index (χ0v) is 11.1. The molecule has 3 rings (SSSR count). The number of carbonyl (C=O) groups excluding carboxylic acids is 2. The van der Waals surface area contributed by atoms with Gasteiger partial charge in [0.1, 0.15) is 0 Å². The van der Waals surface area contributed by atoms with Crippen molar-refractivity contribution < 1.29 is 14.3 Å². The normalized spacial score (nSPS) is 21.9. The van der Waals surface area contributed by atoms with E-state index >= 15 is 0 Å². The summed E-state index contributed by atoms with van der Waals surface area (Å²) in [5, 5.41) is 0. The number of ketones is 1. The molecular weight excluding hydrogens is 240 g/mol. The molecule has 0 bridgehead atoms. The monoisotopic (exact) mass is 258 g/mol. The van der Waals surface area contributed by atoms with E-state index in [1.807, 2.05) is 0 Å². The number of benzene rings is 1. The van der Waals surface area contributed by atoms with Crippen LogP contribution in [0, 0.1) is 5.92 Å². The summed E-state index contributed by atoms with van der Waals surface area (Å²) < 4.78 is 4.68. The van der Waals surface area contributed by atoms with E-state index in [-0.39, 0.29) is 17.7 Å². The number of carbonyl (C=O) groups is 2. The minimum Gasteiger partial charge on any atom is -0.469 e. The van der Waals surface area contributed by atoms with Gasteiger partial charge in [-0.2, -0.15) is 0 Å². The van der Waals surface area contributed by atoms with E-state index < -0.39 is 0 Å². The molecule has 0 radical (unpaired) electrons. The molecule has 1 fully saturated rings. The molecule has 1 atom stereocenters. The SMILES string of the molecule is COC(=O)CC1CC(=O)c2cc(C3CC3)ccc2C1. The lowest BCUT2D eigenvalue weighted by Crippen LogP contribution is -2.23. The summed E-state index contributed by atoms with van der Waals surface area (Å²) in [6.07, 6.45) is 4.11. The first-order valence-corrected chi connectivity index (χ1v) is 6.90. The summed E-state index contributed by atoms with van der Waals surface area (Å²) in [6, 6.07) is 6.29. The van der Waals surface area contributed by atoms with Gasteiger partial charge in [0.25, 0.3) is 0 Å². The van der Waals surface area contributed by atoms with E-state index in [2.05, 4.69) is 22.9 Å². The molecule has 0 N–H and O–H groups in total. The van der Waals surface area contributed by atoms with Crippen molar-refractivity contribution in [2.45, 2.75) is 38.0 Å². The van der Waals surface area contributed by atoms with Crippen LogP contribution in [-0.4, -0.2) is 18.9 Å². The zero-order valence-electron chi connectivity index (χ0n) is 11.1. The number of methoxy groups -OCH3 is 1. The number of ether oxygens (including phenoxy) is 1. The molecule has 3 nitrogen and oxygen atoms in total. The molecule has 100 valence electrons. The number of Topliss-reactive ketones (excluding diaryl/α,β-unsaturated/α-hetero) is 1. The van der Waals surface area contributed by atoms with Gasteiger partial charge in [0.05, 0.1) is 7.11 Å². The van der Waals surface area contributed by atoms with Crippen molar-refractivity contribution in [1.29, 1.82) is 0 Å². The quantitative estimate of drug-likeness (QED) is 0.783. The molecule has 0 aliphatic heterocycles. The predicted octanol–water partition coefficient (Wildman–Crippen LogP) is 2.87. The van der Waals surface area contributed by atoms with Gasteiger partial charge < -0.3 is 4.74 Å². The molecule has 0 saturated heterocycles. The van der Waals surface area contributed by atoms with Crippen LogP contribution in [0.25, 0.3) is 0 Å². The maximum absolute atomic E-state index is 12.2. The molecule has 0 aromatic heterocycles.